The fourth-order valence-electron chi connectivity index (χ4n) is 1.57. The number of aromatic nitrogens is 2. The van der Waals surface area contributed by atoms with Gasteiger partial charge in [-0.15, -0.1) is 0 Å². The molecule has 0 saturated carbocycles. The molecule has 1 N–H and O–H groups in total. The average molecular weight is 255 g/mol. The van der Waals surface area contributed by atoms with Gasteiger partial charge in [-0.3, -0.25) is 4.98 Å². The molecule has 1 aromatic carbocycles. The van der Waals surface area contributed by atoms with E-state index in [9.17, 15) is 0 Å². The van der Waals surface area contributed by atoms with E-state index >= 15 is 0 Å². The van der Waals surface area contributed by atoms with Crippen molar-refractivity contribution >= 4 is 11.9 Å². The van der Waals surface area contributed by atoms with Gasteiger partial charge in [-0.1, -0.05) is 36.4 Å². The van der Waals surface area contributed by atoms with Gasteiger partial charge in [-0.25, -0.2) is 0 Å². The zero-order valence-corrected chi connectivity index (χ0v) is 10.9. The van der Waals surface area contributed by atoms with Crippen LogP contribution in [0.15, 0.2) is 48.8 Å². The Kier molecular flexibility index (Phi) is 4.93. The smallest absolute Gasteiger partial charge is 0.234 e. The second-order valence-corrected chi connectivity index (χ2v) is 3.90. The molecule has 0 spiro atoms. The summed E-state index contributed by atoms with van der Waals surface area (Å²) in [6.07, 6.45) is 7.26. The highest BCUT2D eigenvalue weighted by molar-refractivity contribution is 5.48. The fourth-order valence-corrected chi connectivity index (χ4v) is 1.57. The number of rotatable bonds is 6. The Hall–Kier alpha value is -2.36. The minimum atomic E-state index is 0.471. The van der Waals surface area contributed by atoms with Crippen LogP contribution in [0.2, 0.25) is 0 Å². The van der Waals surface area contributed by atoms with E-state index in [1.165, 1.54) is 0 Å². The monoisotopic (exact) mass is 255 g/mol. The third-order valence-corrected chi connectivity index (χ3v) is 2.41. The number of hydrogen-bond acceptors (Lipinski definition) is 4. The molecule has 0 fully saturated rings. The Bertz CT molecular complexity index is 526. The van der Waals surface area contributed by atoms with Gasteiger partial charge in [-0.2, -0.15) is 4.98 Å². The normalized spacial score (nSPS) is 10.6. The molecule has 19 heavy (non-hydrogen) atoms. The number of anilines is 1. The van der Waals surface area contributed by atoms with E-state index in [1.807, 2.05) is 49.4 Å². The molecule has 98 valence electrons. The molecule has 0 amide bonds. The number of benzene rings is 1. The highest BCUT2D eigenvalue weighted by atomic mass is 16.5. The first kappa shape index (κ1) is 13.1. The van der Waals surface area contributed by atoms with Gasteiger partial charge in [0.1, 0.15) is 12.4 Å². The lowest BCUT2D eigenvalue weighted by atomic mass is 10.2. The average Bonchev–Trinajstić information content (AvgIpc) is 2.46. The quantitative estimate of drug-likeness (QED) is 0.862. The van der Waals surface area contributed by atoms with Gasteiger partial charge in [0.2, 0.25) is 5.88 Å². The van der Waals surface area contributed by atoms with Crippen LogP contribution in [0, 0.1) is 0 Å². The second kappa shape index (κ2) is 7.16. The fraction of sp³-hybridized carbons (Fsp3) is 0.200. The molecule has 4 nitrogen and oxygen atoms in total. The lowest BCUT2D eigenvalue weighted by Crippen LogP contribution is -2.02. The zero-order chi connectivity index (χ0) is 13.3. The number of hydrogen-bond donors (Lipinski definition) is 1. The molecule has 0 saturated heterocycles. The van der Waals surface area contributed by atoms with E-state index in [0.717, 1.165) is 17.9 Å². The van der Waals surface area contributed by atoms with Crippen LogP contribution in [-0.4, -0.2) is 23.1 Å². The zero-order valence-electron chi connectivity index (χ0n) is 10.9. The van der Waals surface area contributed by atoms with Gasteiger partial charge < -0.3 is 10.1 Å². The van der Waals surface area contributed by atoms with Crippen LogP contribution in [0.3, 0.4) is 0 Å². The molecule has 0 atom stereocenters. The van der Waals surface area contributed by atoms with Gasteiger partial charge in [-0.05, 0) is 18.6 Å². The lowest BCUT2D eigenvalue weighted by Gasteiger charge is -2.04. The summed E-state index contributed by atoms with van der Waals surface area (Å²) in [6, 6.07) is 10.1. The molecule has 1 aromatic heterocycles. The first-order valence-corrected chi connectivity index (χ1v) is 6.29. The van der Waals surface area contributed by atoms with Crippen molar-refractivity contribution in [3.8, 4) is 5.88 Å². The molecule has 0 aliphatic heterocycles. The third kappa shape index (κ3) is 4.43. The Morgan fingerprint density at radius 1 is 1.21 bits per heavy atom. The van der Waals surface area contributed by atoms with Gasteiger partial charge in [0.05, 0.1) is 12.4 Å². The van der Waals surface area contributed by atoms with E-state index in [2.05, 4.69) is 15.3 Å². The summed E-state index contributed by atoms with van der Waals surface area (Å²) < 4.78 is 5.51. The number of nitrogens with one attached hydrogen (secondary N) is 1. The van der Waals surface area contributed by atoms with Crippen LogP contribution in [0.4, 0.5) is 5.82 Å². The van der Waals surface area contributed by atoms with Crippen molar-refractivity contribution in [2.75, 3.05) is 18.5 Å². The van der Waals surface area contributed by atoms with Gasteiger partial charge in [0, 0.05) is 6.54 Å². The summed E-state index contributed by atoms with van der Waals surface area (Å²) >= 11 is 0. The van der Waals surface area contributed by atoms with E-state index < -0.39 is 0 Å². The Labute approximate surface area is 113 Å². The number of ether oxygens (including phenoxy) is 1. The molecular formula is C15H17N3O. The maximum absolute atomic E-state index is 5.51. The molecule has 0 unspecified atom stereocenters. The van der Waals surface area contributed by atoms with Crippen molar-refractivity contribution in [1.82, 2.24) is 9.97 Å². The van der Waals surface area contributed by atoms with Crippen molar-refractivity contribution in [3.63, 3.8) is 0 Å². The van der Waals surface area contributed by atoms with Crippen molar-refractivity contribution < 1.29 is 4.74 Å². The molecule has 0 bridgehead atoms. The van der Waals surface area contributed by atoms with Crippen LogP contribution in [0.1, 0.15) is 12.5 Å². The summed E-state index contributed by atoms with van der Waals surface area (Å²) in [6.45, 7) is 3.29. The topological polar surface area (TPSA) is 47.0 Å². The summed E-state index contributed by atoms with van der Waals surface area (Å²) in [5.74, 6) is 1.25. The van der Waals surface area contributed by atoms with Gasteiger partial charge in [0.25, 0.3) is 0 Å². The minimum absolute atomic E-state index is 0.471. The van der Waals surface area contributed by atoms with E-state index in [0.29, 0.717) is 12.5 Å². The minimum Gasteiger partial charge on any atom is -0.472 e. The lowest BCUT2D eigenvalue weighted by molar-refractivity contribution is 0.348. The molecule has 0 aliphatic rings. The van der Waals surface area contributed by atoms with Crippen LogP contribution < -0.4 is 10.1 Å². The molecule has 4 heteroatoms. The Balaban J connectivity index is 1.85. The van der Waals surface area contributed by atoms with Gasteiger partial charge in [0.15, 0.2) is 0 Å². The predicted molar refractivity (Wildman–Crippen MR) is 77.2 cm³/mol. The van der Waals surface area contributed by atoms with Crippen molar-refractivity contribution in [2.24, 2.45) is 0 Å². The largest absolute Gasteiger partial charge is 0.472 e. The maximum Gasteiger partial charge on any atom is 0.234 e. The van der Waals surface area contributed by atoms with Crippen LogP contribution in [0.25, 0.3) is 6.08 Å². The summed E-state index contributed by atoms with van der Waals surface area (Å²) in [7, 11) is 0. The predicted octanol–water partition coefficient (Wildman–Crippen LogP) is 3.00. The molecule has 2 aromatic rings. The summed E-state index contributed by atoms with van der Waals surface area (Å²) in [5, 5.41) is 3.09. The summed E-state index contributed by atoms with van der Waals surface area (Å²) in [4.78, 5) is 8.34. The Morgan fingerprint density at radius 2 is 2.05 bits per heavy atom. The maximum atomic E-state index is 5.51. The molecule has 2 rings (SSSR count). The van der Waals surface area contributed by atoms with Crippen LogP contribution in [0.5, 0.6) is 5.88 Å². The van der Waals surface area contributed by atoms with Crippen molar-refractivity contribution in [2.45, 2.75) is 6.92 Å². The van der Waals surface area contributed by atoms with E-state index in [4.69, 9.17) is 4.74 Å². The molecular weight excluding hydrogens is 238 g/mol. The SMILES string of the molecule is CCNc1cncc(OC/C=C/c2ccccc2)n1. The first-order valence-electron chi connectivity index (χ1n) is 6.29. The van der Waals surface area contributed by atoms with Crippen molar-refractivity contribution in [3.05, 3.63) is 54.4 Å². The number of nitrogens with zero attached hydrogens (tertiary/aromatic N) is 2. The Morgan fingerprint density at radius 3 is 2.84 bits per heavy atom. The highest BCUT2D eigenvalue weighted by Crippen LogP contribution is 2.09. The molecule has 0 aliphatic carbocycles. The molecule has 1 heterocycles. The highest BCUT2D eigenvalue weighted by Gasteiger charge is 1.97. The van der Waals surface area contributed by atoms with E-state index in [1.54, 1.807) is 12.4 Å². The van der Waals surface area contributed by atoms with Crippen molar-refractivity contribution in [1.29, 1.82) is 0 Å². The summed E-state index contributed by atoms with van der Waals surface area (Å²) in [5.41, 5.74) is 1.15. The first-order chi connectivity index (χ1) is 9.38. The van der Waals surface area contributed by atoms with Gasteiger partial charge >= 0.3 is 0 Å². The van der Waals surface area contributed by atoms with Crippen LogP contribution in [-0.2, 0) is 0 Å². The van der Waals surface area contributed by atoms with Crippen LogP contribution >= 0.6 is 0 Å². The molecule has 0 radical (unpaired) electrons. The third-order valence-electron chi connectivity index (χ3n) is 2.41. The standard InChI is InChI=1S/C15H17N3O/c1-2-17-14-11-16-12-15(18-14)19-10-6-9-13-7-4-3-5-8-13/h3-9,11-12H,2,10H2,1H3,(H,17,18)/b9-6+. The van der Waals surface area contributed by atoms with E-state index in [-0.39, 0.29) is 0 Å². The second-order valence-electron chi connectivity index (χ2n) is 3.90.